The molecule has 2 aliphatic rings. The highest BCUT2D eigenvalue weighted by Crippen LogP contribution is 2.38. The number of aryl methyl sites for hydroxylation is 1. The van der Waals surface area contributed by atoms with E-state index in [1.807, 2.05) is 30.0 Å². The van der Waals surface area contributed by atoms with E-state index in [2.05, 4.69) is 39.5 Å². The number of nitrogens with zero attached hydrogens (tertiary/aromatic N) is 3. The van der Waals surface area contributed by atoms with E-state index in [-0.39, 0.29) is 17.4 Å². The lowest BCUT2D eigenvalue weighted by molar-refractivity contribution is -0.125. The maximum Gasteiger partial charge on any atom is 0.255 e. The summed E-state index contributed by atoms with van der Waals surface area (Å²) in [6.07, 6.45) is 8.78. The Kier molecular flexibility index (Phi) is 7.76. The number of amides is 2. The molecule has 1 N–H and O–H groups in total. The van der Waals surface area contributed by atoms with Crippen LogP contribution in [0.1, 0.15) is 66.6 Å². The zero-order chi connectivity index (χ0) is 23.1. The first-order chi connectivity index (χ1) is 16.1. The van der Waals surface area contributed by atoms with Gasteiger partial charge in [0.2, 0.25) is 5.91 Å². The summed E-state index contributed by atoms with van der Waals surface area (Å²) in [6, 6.07) is 14.3. The van der Waals surface area contributed by atoms with Crippen LogP contribution in [0, 0.1) is 6.92 Å². The molecule has 0 bridgehead atoms. The minimum Gasteiger partial charge on any atom is -0.354 e. The van der Waals surface area contributed by atoms with E-state index in [1.54, 1.807) is 6.20 Å². The number of nitrogens with one attached hydrogen (secondary N) is 1. The Hall–Kier alpha value is -2.73. The predicted octanol–water partition coefficient (Wildman–Crippen LogP) is 3.95. The SMILES string of the molecule is Cc1ccc(C(=O)N2CCCN(Cc3ccccc3)C3(CCCCC3)CC(=O)NCC2)cn1. The summed E-state index contributed by atoms with van der Waals surface area (Å²) in [6.45, 7) is 5.30. The lowest BCUT2D eigenvalue weighted by Gasteiger charge is -2.46. The predicted molar refractivity (Wildman–Crippen MR) is 130 cm³/mol. The maximum atomic E-state index is 13.2. The first kappa shape index (κ1) is 23.4. The number of carbonyl (C=O) groups excluding carboxylic acids is 2. The van der Waals surface area contributed by atoms with Crippen LogP contribution < -0.4 is 5.32 Å². The molecule has 2 heterocycles. The van der Waals surface area contributed by atoms with Gasteiger partial charge in [-0.05, 0) is 43.9 Å². The van der Waals surface area contributed by atoms with Crippen molar-refractivity contribution in [3.63, 3.8) is 0 Å². The fourth-order valence-corrected chi connectivity index (χ4v) is 5.34. The lowest BCUT2D eigenvalue weighted by atomic mass is 9.77. The van der Waals surface area contributed by atoms with E-state index < -0.39 is 0 Å². The molecular weight excluding hydrogens is 412 g/mol. The molecule has 4 rings (SSSR count). The largest absolute Gasteiger partial charge is 0.354 e. The molecule has 1 saturated carbocycles. The number of hydrogen-bond acceptors (Lipinski definition) is 4. The molecule has 1 aromatic carbocycles. The van der Waals surface area contributed by atoms with Crippen molar-refractivity contribution in [1.29, 1.82) is 0 Å². The van der Waals surface area contributed by atoms with Crippen LogP contribution in [0.25, 0.3) is 0 Å². The van der Waals surface area contributed by atoms with Gasteiger partial charge in [-0.1, -0.05) is 49.6 Å². The summed E-state index contributed by atoms with van der Waals surface area (Å²) in [4.78, 5) is 34.9. The molecule has 1 spiro atoms. The first-order valence-electron chi connectivity index (χ1n) is 12.3. The third-order valence-corrected chi connectivity index (χ3v) is 7.17. The molecule has 1 aromatic heterocycles. The topological polar surface area (TPSA) is 65.5 Å². The molecule has 176 valence electrons. The van der Waals surface area contributed by atoms with Gasteiger partial charge in [0.15, 0.2) is 0 Å². The number of aromatic nitrogens is 1. The Morgan fingerprint density at radius 3 is 2.52 bits per heavy atom. The average Bonchev–Trinajstić information content (AvgIpc) is 2.85. The van der Waals surface area contributed by atoms with Gasteiger partial charge in [0.25, 0.3) is 5.91 Å². The van der Waals surface area contributed by atoms with Crippen LogP contribution in [0.15, 0.2) is 48.7 Å². The van der Waals surface area contributed by atoms with E-state index in [1.165, 1.54) is 24.8 Å². The molecule has 0 radical (unpaired) electrons. The van der Waals surface area contributed by atoms with Crippen molar-refractivity contribution in [2.75, 3.05) is 26.2 Å². The summed E-state index contributed by atoms with van der Waals surface area (Å²) in [5.74, 6) is 0.0826. The van der Waals surface area contributed by atoms with E-state index >= 15 is 0 Å². The van der Waals surface area contributed by atoms with Crippen LogP contribution in [0.3, 0.4) is 0 Å². The monoisotopic (exact) mass is 448 g/mol. The molecular formula is C27H36N4O2. The number of rotatable bonds is 3. The summed E-state index contributed by atoms with van der Waals surface area (Å²) >= 11 is 0. The number of hydrogen-bond donors (Lipinski definition) is 1. The maximum absolute atomic E-state index is 13.2. The standard InChI is InChI=1S/C27H36N4O2/c1-22-11-12-24(20-29-22)26(33)30-16-8-17-31(21-23-9-4-2-5-10-23)27(13-6-3-7-14-27)19-25(32)28-15-18-30/h2,4-5,9-12,20H,3,6-8,13-19,21H2,1H3,(H,28,32). The Morgan fingerprint density at radius 2 is 1.79 bits per heavy atom. The van der Waals surface area contributed by atoms with Gasteiger partial charge in [0.1, 0.15) is 0 Å². The molecule has 33 heavy (non-hydrogen) atoms. The molecule has 6 heteroatoms. The molecule has 1 aliphatic heterocycles. The van der Waals surface area contributed by atoms with E-state index in [0.29, 0.717) is 31.6 Å². The van der Waals surface area contributed by atoms with Crippen LogP contribution in [0.4, 0.5) is 0 Å². The molecule has 1 saturated heterocycles. The second kappa shape index (κ2) is 10.9. The van der Waals surface area contributed by atoms with Gasteiger partial charge in [0, 0.05) is 56.6 Å². The fraction of sp³-hybridized carbons (Fsp3) is 0.519. The lowest BCUT2D eigenvalue weighted by Crippen LogP contribution is -2.52. The summed E-state index contributed by atoms with van der Waals surface area (Å²) < 4.78 is 0. The normalized spacial score (nSPS) is 20.2. The third-order valence-electron chi connectivity index (χ3n) is 7.17. The van der Waals surface area contributed by atoms with E-state index in [4.69, 9.17) is 0 Å². The molecule has 6 nitrogen and oxygen atoms in total. The van der Waals surface area contributed by atoms with Crippen molar-refractivity contribution in [3.05, 3.63) is 65.5 Å². The van der Waals surface area contributed by atoms with Crippen LogP contribution in [-0.2, 0) is 11.3 Å². The van der Waals surface area contributed by atoms with Crippen LogP contribution >= 0.6 is 0 Å². The minimum atomic E-state index is -0.0990. The van der Waals surface area contributed by atoms with Crippen LogP contribution in [-0.4, -0.2) is 58.3 Å². The Morgan fingerprint density at radius 1 is 1.00 bits per heavy atom. The molecule has 2 amide bonds. The number of benzene rings is 1. The number of pyridine rings is 1. The van der Waals surface area contributed by atoms with Gasteiger partial charge in [0.05, 0.1) is 5.56 Å². The second-order valence-electron chi connectivity index (χ2n) is 9.55. The zero-order valence-electron chi connectivity index (χ0n) is 19.8. The van der Waals surface area contributed by atoms with Crippen molar-refractivity contribution < 1.29 is 9.59 Å². The fourth-order valence-electron chi connectivity index (χ4n) is 5.34. The zero-order valence-corrected chi connectivity index (χ0v) is 19.8. The van der Waals surface area contributed by atoms with E-state index in [0.717, 1.165) is 38.0 Å². The van der Waals surface area contributed by atoms with Crippen molar-refractivity contribution in [3.8, 4) is 0 Å². The highest BCUT2D eigenvalue weighted by Gasteiger charge is 2.40. The molecule has 1 aliphatic carbocycles. The van der Waals surface area contributed by atoms with Gasteiger partial charge >= 0.3 is 0 Å². The first-order valence-corrected chi connectivity index (χ1v) is 12.3. The van der Waals surface area contributed by atoms with Gasteiger partial charge in [-0.15, -0.1) is 0 Å². The Labute approximate surface area is 197 Å². The molecule has 0 unspecified atom stereocenters. The van der Waals surface area contributed by atoms with Crippen LogP contribution in [0.2, 0.25) is 0 Å². The highest BCUT2D eigenvalue weighted by atomic mass is 16.2. The van der Waals surface area contributed by atoms with Crippen molar-refractivity contribution in [2.45, 2.75) is 64.0 Å². The summed E-state index contributed by atoms with van der Waals surface area (Å²) in [7, 11) is 0. The Balaban J connectivity index is 1.55. The second-order valence-corrected chi connectivity index (χ2v) is 9.55. The molecule has 2 aromatic rings. The van der Waals surface area contributed by atoms with Gasteiger partial charge in [-0.3, -0.25) is 19.5 Å². The number of carbonyl (C=O) groups is 2. The molecule has 2 fully saturated rings. The smallest absolute Gasteiger partial charge is 0.255 e. The van der Waals surface area contributed by atoms with Crippen molar-refractivity contribution in [1.82, 2.24) is 20.1 Å². The van der Waals surface area contributed by atoms with Gasteiger partial charge in [-0.2, -0.15) is 0 Å². The van der Waals surface area contributed by atoms with Crippen LogP contribution in [0.5, 0.6) is 0 Å². The van der Waals surface area contributed by atoms with Gasteiger partial charge in [-0.25, -0.2) is 0 Å². The quantitative estimate of drug-likeness (QED) is 0.772. The minimum absolute atomic E-state index is 0.0158. The summed E-state index contributed by atoms with van der Waals surface area (Å²) in [5, 5.41) is 3.11. The highest BCUT2D eigenvalue weighted by molar-refractivity contribution is 5.94. The Bertz CT molecular complexity index is 923. The van der Waals surface area contributed by atoms with Crippen molar-refractivity contribution >= 4 is 11.8 Å². The average molecular weight is 449 g/mol. The van der Waals surface area contributed by atoms with E-state index in [9.17, 15) is 9.59 Å². The third kappa shape index (κ3) is 5.99. The molecule has 0 atom stereocenters. The van der Waals surface area contributed by atoms with Gasteiger partial charge < -0.3 is 10.2 Å². The summed E-state index contributed by atoms with van der Waals surface area (Å²) in [5.41, 5.74) is 2.67. The van der Waals surface area contributed by atoms with Crippen molar-refractivity contribution in [2.24, 2.45) is 0 Å².